The lowest BCUT2D eigenvalue weighted by atomic mass is 10.1. The van der Waals surface area contributed by atoms with Crippen LogP contribution in [0.25, 0.3) is 0 Å². The zero-order valence-corrected chi connectivity index (χ0v) is 12.7. The second-order valence-corrected chi connectivity index (χ2v) is 5.46. The van der Waals surface area contributed by atoms with Crippen LogP contribution in [0.4, 0.5) is 0 Å². The SMILES string of the molecule is CCC(C#N)N1CCN(C(=O)CCc2ccccc2)CC1. The van der Waals surface area contributed by atoms with Gasteiger partial charge in [-0.1, -0.05) is 37.3 Å². The minimum Gasteiger partial charge on any atom is -0.340 e. The number of carbonyl (C=O) groups excluding carboxylic acids is 1. The summed E-state index contributed by atoms with van der Waals surface area (Å²) in [5.74, 6) is 0.225. The Labute approximate surface area is 127 Å². The first-order valence-corrected chi connectivity index (χ1v) is 7.70. The Morgan fingerprint density at radius 2 is 1.90 bits per heavy atom. The first-order chi connectivity index (χ1) is 10.2. The molecule has 0 radical (unpaired) electrons. The molecule has 1 amide bonds. The average Bonchev–Trinajstić information content (AvgIpc) is 2.55. The van der Waals surface area contributed by atoms with E-state index in [4.69, 9.17) is 5.26 Å². The van der Waals surface area contributed by atoms with Gasteiger partial charge in [0.25, 0.3) is 0 Å². The second kappa shape index (κ2) is 7.80. The molecule has 0 aromatic heterocycles. The third kappa shape index (κ3) is 4.30. The molecule has 1 heterocycles. The Hall–Kier alpha value is -1.86. The van der Waals surface area contributed by atoms with Gasteiger partial charge in [-0.05, 0) is 18.4 Å². The number of amides is 1. The highest BCUT2D eigenvalue weighted by atomic mass is 16.2. The Kier molecular flexibility index (Phi) is 5.77. The molecule has 21 heavy (non-hydrogen) atoms. The van der Waals surface area contributed by atoms with Crippen molar-refractivity contribution in [2.75, 3.05) is 26.2 Å². The van der Waals surface area contributed by atoms with Crippen molar-refractivity contribution < 1.29 is 4.79 Å². The second-order valence-electron chi connectivity index (χ2n) is 5.46. The fraction of sp³-hybridized carbons (Fsp3) is 0.529. The molecule has 1 aromatic rings. The van der Waals surface area contributed by atoms with E-state index in [0.717, 1.165) is 39.0 Å². The molecule has 112 valence electrons. The third-order valence-corrected chi connectivity index (χ3v) is 4.11. The summed E-state index contributed by atoms with van der Waals surface area (Å²) in [7, 11) is 0. The topological polar surface area (TPSA) is 47.3 Å². The molecular weight excluding hydrogens is 262 g/mol. The van der Waals surface area contributed by atoms with E-state index >= 15 is 0 Å². The molecule has 0 spiro atoms. The highest BCUT2D eigenvalue weighted by Gasteiger charge is 2.24. The van der Waals surface area contributed by atoms with Crippen LogP contribution in [-0.4, -0.2) is 47.9 Å². The maximum Gasteiger partial charge on any atom is 0.222 e. The summed E-state index contributed by atoms with van der Waals surface area (Å²) in [5, 5.41) is 9.09. The zero-order valence-electron chi connectivity index (χ0n) is 12.7. The van der Waals surface area contributed by atoms with Gasteiger partial charge in [-0.25, -0.2) is 0 Å². The van der Waals surface area contributed by atoms with E-state index in [0.29, 0.717) is 6.42 Å². The van der Waals surface area contributed by atoms with Crippen molar-refractivity contribution in [1.82, 2.24) is 9.80 Å². The van der Waals surface area contributed by atoms with Crippen molar-refractivity contribution in [1.29, 1.82) is 5.26 Å². The summed E-state index contributed by atoms with van der Waals surface area (Å²) < 4.78 is 0. The van der Waals surface area contributed by atoms with Crippen molar-refractivity contribution in [2.24, 2.45) is 0 Å². The molecule has 1 aliphatic heterocycles. The van der Waals surface area contributed by atoms with Gasteiger partial charge in [0.15, 0.2) is 0 Å². The molecule has 0 saturated carbocycles. The van der Waals surface area contributed by atoms with E-state index in [-0.39, 0.29) is 11.9 Å². The van der Waals surface area contributed by atoms with Gasteiger partial charge in [0.1, 0.15) is 0 Å². The molecule has 4 heteroatoms. The summed E-state index contributed by atoms with van der Waals surface area (Å²) in [6, 6.07) is 12.4. The van der Waals surface area contributed by atoms with Gasteiger partial charge in [0.05, 0.1) is 12.1 Å². The molecule has 0 aliphatic carbocycles. The van der Waals surface area contributed by atoms with E-state index in [1.165, 1.54) is 5.56 Å². The lowest BCUT2D eigenvalue weighted by Crippen LogP contribution is -2.51. The number of benzene rings is 1. The molecule has 0 bridgehead atoms. The lowest BCUT2D eigenvalue weighted by molar-refractivity contribution is -0.133. The van der Waals surface area contributed by atoms with Crippen molar-refractivity contribution in [3.63, 3.8) is 0 Å². The molecule has 1 saturated heterocycles. The molecule has 1 aromatic carbocycles. The summed E-state index contributed by atoms with van der Waals surface area (Å²) in [6.45, 7) is 5.13. The zero-order chi connectivity index (χ0) is 15.1. The van der Waals surface area contributed by atoms with Gasteiger partial charge in [0, 0.05) is 32.6 Å². The number of nitriles is 1. The number of rotatable bonds is 5. The Balaban J connectivity index is 1.77. The van der Waals surface area contributed by atoms with Crippen molar-refractivity contribution in [3.05, 3.63) is 35.9 Å². The maximum atomic E-state index is 12.2. The molecule has 1 atom stereocenters. The maximum absolute atomic E-state index is 12.2. The predicted molar refractivity (Wildman–Crippen MR) is 82.6 cm³/mol. The van der Waals surface area contributed by atoms with Gasteiger partial charge in [-0.15, -0.1) is 0 Å². The van der Waals surface area contributed by atoms with Gasteiger partial charge < -0.3 is 4.90 Å². The number of aryl methyl sites for hydroxylation is 1. The van der Waals surface area contributed by atoms with E-state index in [9.17, 15) is 4.79 Å². The van der Waals surface area contributed by atoms with E-state index in [2.05, 4.69) is 23.1 Å². The van der Waals surface area contributed by atoms with Crippen LogP contribution in [0, 0.1) is 11.3 Å². The lowest BCUT2D eigenvalue weighted by Gasteiger charge is -2.36. The van der Waals surface area contributed by atoms with Crippen LogP contribution in [0.1, 0.15) is 25.3 Å². The first-order valence-electron chi connectivity index (χ1n) is 7.70. The fourth-order valence-electron chi connectivity index (χ4n) is 2.77. The molecule has 1 aliphatic rings. The quantitative estimate of drug-likeness (QED) is 0.832. The van der Waals surface area contributed by atoms with Crippen LogP contribution in [-0.2, 0) is 11.2 Å². The smallest absolute Gasteiger partial charge is 0.222 e. The van der Waals surface area contributed by atoms with Crippen molar-refractivity contribution in [2.45, 2.75) is 32.2 Å². The monoisotopic (exact) mass is 285 g/mol. The van der Waals surface area contributed by atoms with Crippen LogP contribution >= 0.6 is 0 Å². The van der Waals surface area contributed by atoms with Crippen LogP contribution in [0.2, 0.25) is 0 Å². The fourth-order valence-corrected chi connectivity index (χ4v) is 2.77. The molecule has 0 N–H and O–H groups in total. The molecule has 1 unspecified atom stereocenters. The number of hydrogen-bond donors (Lipinski definition) is 0. The molecular formula is C17H23N3O. The van der Waals surface area contributed by atoms with Crippen molar-refractivity contribution in [3.8, 4) is 6.07 Å². The summed E-state index contributed by atoms with van der Waals surface area (Å²) in [4.78, 5) is 16.3. The van der Waals surface area contributed by atoms with Crippen LogP contribution in [0.5, 0.6) is 0 Å². The Morgan fingerprint density at radius 1 is 1.24 bits per heavy atom. The standard InChI is InChI=1S/C17H23N3O/c1-2-16(14-18)19-10-12-20(13-11-19)17(21)9-8-15-6-4-3-5-7-15/h3-7,16H,2,8-13H2,1H3. The number of nitrogens with zero attached hydrogens (tertiary/aromatic N) is 3. The summed E-state index contributed by atoms with van der Waals surface area (Å²) >= 11 is 0. The van der Waals surface area contributed by atoms with Crippen molar-refractivity contribution >= 4 is 5.91 Å². The Morgan fingerprint density at radius 3 is 2.48 bits per heavy atom. The Bertz CT molecular complexity index is 487. The first kappa shape index (κ1) is 15.5. The van der Waals surface area contributed by atoms with Gasteiger partial charge >= 0.3 is 0 Å². The highest BCUT2D eigenvalue weighted by Crippen LogP contribution is 2.11. The minimum absolute atomic E-state index is 0.00780. The van der Waals surface area contributed by atoms with E-state index < -0.39 is 0 Å². The summed E-state index contributed by atoms with van der Waals surface area (Å²) in [6.07, 6.45) is 2.22. The van der Waals surface area contributed by atoms with E-state index in [1.807, 2.05) is 30.0 Å². The molecule has 2 rings (SSSR count). The van der Waals surface area contributed by atoms with Crippen LogP contribution in [0.3, 0.4) is 0 Å². The molecule has 4 nitrogen and oxygen atoms in total. The predicted octanol–water partition coefficient (Wildman–Crippen LogP) is 2.07. The number of carbonyl (C=O) groups is 1. The van der Waals surface area contributed by atoms with Crippen LogP contribution < -0.4 is 0 Å². The van der Waals surface area contributed by atoms with Gasteiger partial charge in [-0.2, -0.15) is 5.26 Å². The minimum atomic E-state index is -0.00780. The normalized spacial score (nSPS) is 17.2. The summed E-state index contributed by atoms with van der Waals surface area (Å²) in [5.41, 5.74) is 1.21. The number of hydrogen-bond acceptors (Lipinski definition) is 3. The molecule has 1 fully saturated rings. The van der Waals surface area contributed by atoms with Crippen LogP contribution in [0.15, 0.2) is 30.3 Å². The average molecular weight is 285 g/mol. The highest BCUT2D eigenvalue weighted by molar-refractivity contribution is 5.76. The van der Waals surface area contributed by atoms with Gasteiger partial charge in [-0.3, -0.25) is 9.69 Å². The van der Waals surface area contributed by atoms with E-state index in [1.54, 1.807) is 0 Å². The third-order valence-electron chi connectivity index (χ3n) is 4.11. The number of piperazine rings is 1. The largest absolute Gasteiger partial charge is 0.340 e. The van der Waals surface area contributed by atoms with Gasteiger partial charge in [0.2, 0.25) is 5.91 Å².